The van der Waals surface area contributed by atoms with Crippen LogP contribution in [0.25, 0.3) is 0 Å². The van der Waals surface area contributed by atoms with Gasteiger partial charge in [-0.05, 0) is 31.0 Å². The first kappa shape index (κ1) is 19.1. The summed E-state index contributed by atoms with van der Waals surface area (Å²) >= 11 is 0. The summed E-state index contributed by atoms with van der Waals surface area (Å²) in [5.41, 5.74) is 4.20. The fourth-order valence-corrected chi connectivity index (χ4v) is 4.48. The van der Waals surface area contributed by atoms with Crippen molar-refractivity contribution in [2.24, 2.45) is 0 Å². The minimum Gasteiger partial charge on any atom is -0.483 e. The van der Waals surface area contributed by atoms with Gasteiger partial charge in [0, 0.05) is 39.0 Å². The van der Waals surface area contributed by atoms with E-state index in [9.17, 15) is 4.79 Å². The first-order valence-corrected chi connectivity index (χ1v) is 10.5. The second-order valence-electron chi connectivity index (χ2n) is 8.28. The van der Waals surface area contributed by atoms with Crippen LogP contribution in [0, 0.1) is 6.92 Å². The third kappa shape index (κ3) is 3.25. The lowest BCUT2D eigenvalue weighted by Crippen LogP contribution is -2.47. The number of nitrogens with one attached hydrogen (secondary N) is 1. The van der Waals surface area contributed by atoms with E-state index in [1.807, 2.05) is 11.8 Å². The molecule has 2 aromatic rings. The highest BCUT2D eigenvalue weighted by atomic mass is 16.5. The molecule has 5 rings (SSSR count). The fourth-order valence-electron chi connectivity index (χ4n) is 4.48. The molecule has 0 aliphatic carbocycles. The number of aromatic nitrogens is 2. The quantitative estimate of drug-likeness (QED) is 0.817. The van der Waals surface area contributed by atoms with Crippen LogP contribution >= 0.6 is 0 Å². The van der Waals surface area contributed by atoms with Gasteiger partial charge in [0.2, 0.25) is 5.91 Å². The molecule has 30 heavy (non-hydrogen) atoms. The van der Waals surface area contributed by atoms with Crippen molar-refractivity contribution in [3.63, 3.8) is 0 Å². The molecule has 1 N–H and O–H groups in total. The summed E-state index contributed by atoms with van der Waals surface area (Å²) in [6, 6.07) is 4.32. The lowest BCUT2D eigenvalue weighted by Gasteiger charge is -2.39. The van der Waals surface area contributed by atoms with E-state index in [0.29, 0.717) is 19.1 Å². The summed E-state index contributed by atoms with van der Waals surface area (Å²) in [7, 11) is 0. The maximum atomic E-state index is 11.6. The number of likely N-dealkylation sites (tertiary alicyclic amines) is 1. The molecule has 0 saturated carbocycles. The van der Waals surface area contributed by atoms with Gasteiger partial charge in [0.25, 0.3) is 0 Å². The number of benzene rings is 1. The van der Waals surface area contributed by atoms with E-state index in [4.69, 9.17) is 9.47 Å². The Morgan fingerprint density at radius 2 is 1.97 bits per heavy atom. The van der Waals surface area contributed by atoms with E-state index in [1.165, 1.54) is 5.56 Å². The van der Waals surface area contributed by atoms with Gasteiger partial charge in [-0.15, -0.1) is 0 Å². The molecule has 3 aliphatic rings. The molecule has 2 saturated heterocycles. The summed E-state index contributed by atoms with van der Waals surface area (Å²) in [4.78, 5) is 24.8. The number of carbonyl (C=O) groups is 1. The van der Waals surface area contributed by atoms with Crippen molar-refractivity contribution in [1.82, 2.24) is 14.9 Å². The third-order valence-corrected chi connectivity index (χ3v) is 6.22. The lowest BCUT2D eigenvalue weighted by atomic mass is 9.89. The van der Waals surface area contributed by atoms with E-state index < -0.39 is 0 Å². The molecular weight excluding hydrogens is 382 g/mol. The molecule has 158 valence electrons. The number of nitrogens with zero attached hydrogens (tertiary/aromatic N) is 4. The molecule has 1 aromatic heterocycles. The topological polar surface area (TPSA) is 79.8 Å². The van der Waals surface area contributed by atoms with Crippen LogP contribution in [0.1, 0.15) is 42.6 Å². The van der Waals surface area contributed by atoms with Gasteiger partial charge in [0.1, 0.15) is 29.8 Å². The number of ether oxygens (including phenoxy) is 2. The monoisotopic (exact) mass is 409 g/mol. The van der Waals surface area contributed by atoms with Gasteiger partial charge < -0.3 is 24.6 Å². The largest absolute Gasteiger partial charge is 0.483 e. The van der Waals surface area contributed by atoms with Crippen molar-refractivity contribution in [2.45, 2.75) is 32.8 Å². The average Bonchev–Trinajstić information content (AvgIpc) is 2.83. The highest BCUT2D eigenvalue weighted by Crippen LogP contribution is 2.44. The Hall–Kier alpha value is -2.87. The maximum absolute atomic E-state index is 11.6. The molecule has 0 radical (unpaired) electrons. The van der Waals surface area contributed by atoms with Crippen molar-refractivity contribution in [1.29, 1.82) is 0 Å². The van der Waals surface area contributed by atoms with Crippen molar-refractivity contribution in [2.75, 3.05) is 49.6 Å². The first-order chi connectivity index (χ1) is 14.5. The molecule has 0 spiro atoms. The Kier molecular flexibility index (Phi) is 4.73. The number of aryl methyl sites for hydroxylation is 1. The summed E-state index contributed by atoms with van der Waals surface area (Å²) in [5.74, 6) is 3.03. The number of carbonyl (C=O) groups excluding carboxylic acids is 1. The standard InChI is InChI=1S/C22H27N5O3/c1-13-8-16(17-10-27(11-17)15(3)28)9-18-20(13)30-14(2)19-21(25-18)23-12-24-22(19)26-4-6-29-7-5-26/h8-9,12,14,17H,4-7,10-11H2,1-3H3,(H,23,24,25)/t14-/m0/s1. The van der Waals surface area contributed by atoms with Crippen LogP contribution in [0.2, 0.25) is 0 Å². The molecule has 3 aliphatic heterocycles. The minimum atomic E-state index is -0.186. The Bertz CT molecular complexity index is 983. The van der Waals surface area contributed by atoms with Crippen molar-refractivity contribution in [3.8, 4) is 5.75 Å². The highest BCUT2D eigenvalue weighted by Gasteiger charge is 2.33. The van der Waals surface area contributed by atoms with E-state index in [-0.39, 0.29) is 12.0 Å². The smallest absolute Gasteiger partial charge is 0.219 e. The zero-order valence-electron chi connectivity index (χ0n) is 17.6. The van der Waals surface area contributed by atoms with Gasteiger partial charge in [0.15, 0.2) is 0 Å². The number of hydrogen-bond donors (Lipinski definition) is 1. The fraction of sp³-hybridized carbons (Fsp3) is 0.500. The SMILES string of the molecule is CC(=O)N1CC(c2cc(C)c3c(c2)Nc2ncnc(N4CCOCC4)c2[C@H](C)O3)C1. The number of hydrogen-bond acceptors (Lipinski definition) is 7. The van der Waals surface area contributed by atoms with Crippen LogP contribution in [0.15, 0.2) is 18.5 Å². The number of anilines is 3. The second-order valence-corrected chi connectivity index (χ2v) is 8.28. The minimum absolute atomic E-state index is 0.134. The number of amides is 1. The molecular formula is C22H27N5O3. The predicted octanol–water partition coefficient (Wildman–Crippen LogP) is 2.76. The van der Waals surface area contributed by atoms with Crippen LogP contribution < -0.4 is 15.0 Å². The number of morpholine rings is 1. The van der Waals surface area contributed by atoms with Gasteiger partial charge in [-0.2, -0.15) is 0 Å². The number of fused-ring (bicyclic) bond motifs is 2. The summed E-state index contributed by atoms with van der Waals surface area (Å²) in [5, 5.41) is 3.52. The van der Waals surface area contributed by atoms with E-state index in [2.05, 4.69) is 39.2 Å². The molecule has 2 fully saturated rings. The van der Waals surface area contributed by atoms with Crippen molar-refractivity contribution in [3.05, 3.63) is 35.2 Å². The molecule has 1 atom stereocenters. The molecule has 8 heteroatoms. The molecule has 0 unspecified atom stereocenters. The number of rotatable bonds is 2. The van der Waals surface area contributed by atoms with Crippen LogP contribution in [-0.4, -0.2) is 60.2 Å². The van der Waals surface area contributed by atoms with Gasteiger partial charge in [-0.25, -0.2) is 9.97 Å². The van der Waals surface area contributed by atoms with Crippen molar-refractivity contribution < 1.29 is 14.3 Å². The van der Waals surface area contributed by atoms with Crippen LogP contribution in [0.3, 0.4) is 0 Å². The Morgan fingerprint density at radius 3 is 2.70 bits per heavy atom. The molecule has 0 bridgehead atoms. The molecule has 1 amide bonds. The summed E-state index contributed by atoms with van der Waals surface area (Å²) < 4.78 is 11.9. The van der Waals surface area contributed by atoms with Crippen molar-refractivity contribution >= 4 is 23.2 Å². The Labute approximate surface area is 176 Å². The van der Waals surface area contributed by atoms with Crippen LogP contribution in [0.5, 0.6) is 5.75 Å². The molecule has 8 nitrogen and oxygen atoms in total. The van der Waals surface area contributed by atoms with E-state index in [0.717, 1.165) is 60.4 Å². The highest BCUT2D eigenvalue weighted by molar-refractivity contribution is 5.76. The normalized spacial score (nSPS) is 21.0. The molecule has 1 aromatic carbocycles. The summed E-state index contributed by atoms with van der Waals surface area (Å²) in [6.07, 6.45) is 1.43. The first-order valence-electron chi connectivity index (χ1n) is 10.5. The van der Waals surface area contributed by atoms with Crippen LogP contribution in [0.4, 0.5) is 17.3 Å². The Morgan fingerprint density at radius 1 is 1.20 bits per heavy atom. The van der Waals surface area contributed by atoms with Crippen LogP contribution in [-0.2, 0) is 9.53 Å². The van der Waals surface area contributed by atoms with Gasteiger partial charge in [0.05, 0.1) is 24.5 Å². The molecule has 4 heterocycles. The van der Waals surface area contributed by atoms with Gasteiger partial charge in [-0.1, -0.05) is 6.07 Å². The zero-order chi connectivity index (χ0) is 20.8. The maximum Gasteiger partial charge on any atom is 0.219 e. The van der Waals surface area contributed by atoms with Gasteiger partial charge >= 0.3 is 0 Å². The third-order valence-electron chi connectivity index (χ3n) is 6.22. The van der Waals surface area contributed by atoms with E-state index >= 15 is 0 Å². The lowest BCUT2D eigenvalue weighted by molar-refractivity contribution is -0.133. The zero-order valence-corrected chi connectivity index (χ0v) is 17.6. The Balaban J connectivity index is 1.49. The second kappa shape index (κ2) is 7.43. The summed E-state index contributed by atoms with van der Waals surface area (Å²) in [6.45, 7) is 10.3. The predicted molar refractivity (Wildman–Crippen MR) is 114 cm³/mol. The van der Waals surface area contributed by atoms with E-state index in [1.54, 1.807) is 13.3 Å². The van der Waals surface area contributed by atoms with Gasteiger partial charge in [-0.3, -0.25) is 4.79 Å². The average molecular weight is 409 g/mol.